The summed E-state index contributed by atoms with van der Waals surface area (Å²) in [5.74, 6) is -0.704. The van der Waals surface area contributed by atoms with Crippen molar-refractivity contribution in [2.45, 2.75) is 13.0 Å². The molecule has 1 atom stereocenters. The van der Waals surface area contributed by atoms with Gasteiger partial charge in [0.2, 0.25) is 0 Å². The molecule has 8 nitrogen and oxygen atoms in total. The number of amides is 2. The van der Waals surface area contributed by atoms with Crippen LogP contribution in [-0.2, 0) is 9.53 Å². The highest BCUT2D eigenvalue weighted by Gasteiger charge is 2.35. The van der Waals surface area contributed by atoms with Crippen molar-refractivity contribution in [2.24, 2.45) is 0 Å². The van der Waals surface area contributed by atoms with Crippen LogP contribution < -0.4 is 10.6 Å². The van der Waals surface area contributed by atoms with Gasteiger partial charge in [-0.1, -0.05) is 11.6 Å². The third-order valence-electron chi connectivity index (χ3n) is 3.17. The molecular formula is C13H12ClN3O5. The third kappa shape index (κ3) is 2.86. The summed E-state index contributed by atoms with van der Waals surface area (Å²) in [5, 5.41) is 16.3. The van der Waals surface area contributed by atoms with Crippen LogP contribution in [0, 0.1) is 10.1 Å². The molecule has 0 saturated heterocycles. The first-order valence-electron chi connectivity index (χ1n) is 6.15. The highest BCUT2D eigenvalue weighted by Crippen LogP contribution is 2.34. The quantitative estimate of drug-likeness (QED) is 0.502. The Morgan fingerprint density at radius 3 is 2.73 bits per heavy atom. The lowest BCUT2D eigenvalue weighted by atomic mass is 9.94. The van der Waals surface area contributed by atoms with E-state index in [-0.39, 0.29) is 27.5 Å². The van der Waals surface area contributed by atoms with Crippen molar-refractivity contribution >= 4 is 29.3 Å². The Balaban J connectivity index is 2.65. The van der Waals surface area contributed by atoms with Gasteiger partial charge >= 0.3 is 12.0 Å². The maximum absolute atomic E-state index is 12.0. The Morgan fingerprint density at radius 2 is 2.14 bits per heavy atom. The molecule has 0 aliphatic carbocycles. The van der Waals surface area contributed by atoms with E-state index in [0.717, 1.165) is 0 Å². The van der Waals surface area contributed by atoms with Gasteiger partial charge in [-0.25, -0.2) is 9.59 Å². The van der Waals surface area contributed by atoms with Gasteiger partial charge in [0.25, 0.3) is 5.69 Å². The first kappa shape index (κ1) is 15.8. The summed E-state index contributed by atoms with van der Waals surface area (Å²) in [5.41, 5.74) is 0.181. The van der Waals surface area contributed by atoms with E-state index < -0.39 is 23.0 Å². The molecule has 22 heavy (non-hydrogen) atoms. The Bertz CT molecular complexity index is 701. The van der Waals surface area contributed by atoms with Gasteiger partial charge in [0.1, 0.15) is 0 Å². The summed E-state index contributed by atoms with van der Waals surface area (Å²) in [6.45, 7) is 1.51. The summed E-state index contributed by atoms with van der Waals surface area (Å²) in [7, 11) is 1.18. The van der Waals surface area contributed by atoms with Crippen molar-refractivity contribution in [1.29, 1.82) is 0 Å². The van der Waals surface area contributed by atoms with E-state index in [1.165, 1.54) is 32.2 Å². The van der Waals surface area contributed by atoms with Crippen molar-refractivity contribution in [3.05, 3.63) is 50.2 Å². The number of urea groups is 1. The van der Waals surface area contributed by atoms with E-state index in [1.807, 2.05) is 0 Å². The first-order chi connectivity index (χ1) is 10.3. The number of methoxy groups -OCH3 is 1. The Hall–Kier alpha value is -2.61. The number of nitrogens with one attached hydrogen (secondary N) is 2. The summed E-state index contributed by atoms with van der Waals surface area (Å²) < 4.78 is 4.69. The highest BCUT2D eigenvalue weighted by molar-refractivity contribution is 6.30. The zero-order chi connectivity index (χ0) is 16.4. The molecule has 116 valence electrons. The second-order valence-electron chi connectivity index (χ2n) is 4.52. The van der Waals surface area contributed by atoms with Gasteiger partial charge in [0, 0.05) is 16.8 Å². The standard InChI is InChI=1S/C13H12ClN3O5/c1-6-10(12(18)22-2)11(16-13(19)15-6)8-5-7(14)3-4-9(8)17(20)21/h3-5,11H,1-2H3,(H2,15,16,19). The lowest BCUT2D eigenvalue weighted by Crippen LogP contribution is -2.45. The largest absolute Gasteiger partial charge is 0.466 e. The van der Waals surface area contributed by atoms with Crippen molar-refractivity contribution in [3.8, 4) is 0 Å². The minimum absolute atomic E-state index is 0.0764. The van der Waals surface area contributed by atoms with Gasteiger partial charge < -0.3 is 15.4 Å². The monoisotopic (exact) mass is 325 g/mol. The van der Waals surface area contributed by atoms with E-state index >= 15 is 0 Å². The normalized spacial score (nSPS) is 17.6. The topological polar surface area (TPSA) is 111 Å². The van der Waals surface area contributed by atoms with Crippen LogP contribution >= 0.6 is 11.6 Å². The predicted octanol–water partition coefficient (Wildman–Crippen LogP) is 2.05. The predicted molar refractivity (Wildman–Crippen MR) is 77.2 cm³/mol. The average molecular weight is 326 g/mol. The molecule has 1 unspecified atom stereocenters. The molecule has 2 amide bonds. The molecule has 1 aliphatic rings. The van der Waals surface area contributed by atoms with E-state index in [2.05, 4.69) is 15.4 Å². The zero-order valence-electron chi connectivity index (χ0n) is 11.7. The van der Waals surface area contributed by atoms with Crippen LogP contribution in [-0.4, -0.2) is 24.0 Å². The molecule has 0 fully saturated rings. The summed E-state index contributed by atoms with van der Waals surface area (Å²) in [6.07, 6.45) is 0. The number of nitro benzene ring substituents is 1. The number of hydrogen-bond acceptors (Lipinski definition) is 5. The number of halogens is 1. The number of ether oxygens (including phenoxy) is 1. The van der Waals surface area contributed by atoms with Crippen molar-refractivity contribution in [1.82, 2.24) is 10.6 Å². The molecule has 0 spiro atoms. The molecule has 0 radical (unpaired) electrons. The SMILES string of the molecule is COC(=O)C1=C(C)NC(=O)NC1c1cc(Cl)ccc1[N+](=O)[O-]. The van der Waals surface area contributed by atoms with Gasteiger partial charge in [-0.3, -0.25) is 10.1 Å². The van der Waals surface area contributed by atoms with Crippen LogP contribution in [0.3, 0.4) is 0 Å². The van der Waals surface area contributed by atoms with E-state index in [0.29, 0.717) is 0 Å². The number of hydrogen-bond donors (Lipinski definition) is 2. The number of carbonyl (C=O) groups is 2. The minimum Gasteiger partial charge on any atom is -0.466 e. The summed E-state index contributed by atoms with van der Waals surface area (Å²) in [4.78, 5) is 34.2. The number of nitro groups is 1. The second-order valence-corrected chi connectivity index (χ2v) is 4.96. The zero-order valence-corrected chi connectivity index (χ0v) is 12.4. The molecule has 1 aromatic rings. The number of esters is 1. The summed E-state index contributed by atoms with van der Waals surface area (Å²) >= 11 is 5.89. The molecular weight excluding hydrogens is 314 g/mol. The fourth-order valence-corrected chi connectivity index (χ4v) is 2.41. The number of rotatable bonds is 3. The number of nitrogens with zero attached hydrogens (tertiary/aromatic N) is 1. The Morgan fingerprint density at radius 1 is 1.45 bits per heavy atom. The highest BCUT2D eigenvalue weighted by atomic mass is 35.5. The first-order valence-corrected chi connectivity index (χ1v) is 6.53. The fraction of sp³-hybridized carbons (Fsp3) is 0.231. The van der Waals surface area contributed by atoms with Crippen molar-refractivity contribution < 1.29 is 19.2 Å². The molecule has 0 aromatic heterocycles. The van der Waals surface area contributed by atoms with Crippen molar-refractivity contribution in [2.75, 3.05) is 7.11 Å². The smallest absolute Gasteiger partial charge is 0.337 e. The lowest BCUT2D eigenvalue weighted by Gasteiger charge is -2.27. The van der Waals surface area contributed by atoms with Gasteiger partial charge in [0.05, 0.1) is 29.2 Å². The van der Waals surface area contributed by atoms with Crippen LogP contribution in [0.2, 0.25) is 5.02 Å². The van der Waals surface area contributed by atoms with E-state index in [4.69, 9.17) is 11.6 Å². The van der Waals surface area contributed by atoms with Crippen LogP contribution in [0.25, 0.3) is 0 Å². The minimum atomic E-state index is -1.03. The number of allylic oxidation sites excluding steroid dienone is 1. The maximum atomic E-state index is 12.0. The van der Waals surface area contributed by atoms with E-state index in [9.17, 15) is 19.7 Å². The number of carbonyl (C=O) groups excluding carboxylic acids is 2. The van der Waals surface area contributed by atoms with Crippen LogP contribution in [0.15, 0.2) is 29.5 Å². The molecule has 9 heteroatoms. The molecule has 1 heterocycles. The molecule has 2 N–H and O–H groups in total. The van der Waals surface area contributed by atoms with Crippen LogP contribution in [0.4, 0.5) is 10.5 Å². The molecule has 2 rings (SSSR count). The van der Waals surface area contributed by atoms with Gasteiger partial charge in [-0.05, 0) is 19.1 Å². The fourth-order valence-electron chi connectivity index (χ4n) is 2.23. The molecule has 0 saturated carbocycles. The third-order valence-corrected chi connectivity index (χ3v) is 3.41. The second kappa shape index (κ2) is 6.02. The van der Waals surface area contributed by atoms with Crippen LogP contribution in [0.5, 0.6) is 0 Å². The Kier molecular flexibility index (Phi) is 4.32. The van der Waals surface area contributed by atoms with Gasteiger partial charge in [-0.2, -0.15) is 0 Å². The van der Waals surface area contributed by atoms with E-state index in [1.54, 1.807) is 0 Å². The molecule has 1 aliphatic heterocycles. The average Bonchev–Trinajstić information content (AvgIpc) is 2.45. The van der Waals surface area contributed by atoms with Gasteiger partial charge in [0.15, 0.2) is 0 Å². The number of benzene rings is 1. The summed E-state index contributed by atoms with van der Waals surface area (Å²) in [6, 6.07) is 2.31. The maximum Gasteiger partial charge on any atom is 0.337 e. The van der Waals surface area contributed by atoms with Crippen LogP contribution in [0.1, 0.15) is 18.5 Å². The van der Waals surface area contributed by atoms with Crippen molar-refractivity contribution in [3.63, 3.8) is 0 Å². The molecule has 0 bridgehead atoms. The Labute approximate surface area is 130 Å². The lowest BCUT2D eigenvalue weighted by molar-refractivity contribution is -0.385. The van der Waals surface area contributed by atoms with Gasteiger partial charge in [-0.15, -0.1) is 0 Å². The molecule has 1 aromatic carbocycles.